The van der Waals surface area contributed by atoms with E-state index in [9.17, 15) is 4.79 Å². The Morgan fingerprint density at radius 1 is 1.09 bits per heavy atom. The van der Waals surface area contributed by atoms with Crippen LogP contribution in [0.1, 0.15) is 19.4 Å². The number of fused-ring (bicyclic) bond motifs is 13. The number of allylic oxidation sites excluding steroid dienone is 1. The number of piperazine rings is 1. The zero-order valence-electron chi connectivity index (χ0n) is 19.2. The first-order chi connectivity index (χ1) is 15.6. The Kier molecular flexibility index (Phi) is 9.09. The summed E-state index contributed by atoms with van der Waals surface area (Å²) in [5.74, 6) is 1.59. The number of hydrogen-bond donors (Lipinski definition) is 5. The predicted molar refractivity (Wildman–Crippen MR) is 130 cm³/mol. The highest BCUT2D eigenvalue weighted by atomic mass is 16.2. The summed E-state index contributed by atoms with van der Waals surface area (Å²) < 4.78 is 0. The fourth-order valence-electron chi connectivity index (χ4n) is 3.77. The van der Waals surface area contributed by atoms with Gasteiger partial charge in [-0.15, -0.1) is 0 Å². The number of amidine groups is 1. The Labute approximate surface area is 191 Å². The van der Waals surface area contributed by atoms with Crippen LogP contribution in [-0.4, -0.2) is 73.4 Å². The number of carbonyl (C=O) groups is 1. The van der Waals surface area contributed by atoms with E-state index in [-0.39, 0.29) is 11.9 Å². The van der Waals surface area contributed by atoms with Gasteiger partial charge in [-0.05, 0) is 37.6 Å². The van der Waals surface area contributed by atoms with Gasteiger partial charge < -0.3 is 16.0 Å². The summed E-state index contributed by atoms with van der Waals surface area (Å²) in [7, 11) is 0. The van der Waals surface area contributed by atoms with E-state index in [0.29, 0.717) is 25.5 Å². The topological polar surface area (TPSA) is 96.1 Å². The molecule has 3 aliphatic heterocycles. The van der Waals surface area contributed by atoms with Gasteiger partial charge in [-0.3, -0.25) is 25.4 Å². The molecule has 3 heterocycles. The van der Waals surface area contributed by atoms with Crippen molar-refractivity contribution in [3.63, 3.8) is 0 Å². The molecule has 1 aromatic rings. The first kappa shape index (κ1) is 23.8. The van der Waals surface area contributed by atoms with Crippen molar-refractivity contribution in [3.05, 3.63) is 54.5 Å². The SMILES string of the molecule is C=CN=C1NN/C(=C\C)Nc2cccc(c2)CN2CCN(CC2)CC(=O)NCCNC1C. The molecule has 0 saturated carbocycles. The number of carbonyl (C=O) groups excluding carboxylic acids is 1. The number of nitrogens with one attached hydrogen (secondary N) is 5. The maximum atomic E-state index is 12.3. The number of hydrazine groups is 1. The van der Waals surface area contributed by atoms with Crippen molar-refractivity contribution in [2.75, 3.05) is 51.1 Å². The van der Waals surface area contributed by atoms with Crippen molar-refractivity contribution in [2.45, 2.75) is 26.4 Å². The lowest BCUT2D eigenvalue weighted by atomic mass is 10.1. The van der Waals surface area contributed by atoms with Crippen LogP contribution >= 0.6 is 0 Å². The monoisotopic (exact) mass is 440 g/mol. The van der Waals surface area contributed by atoms with Crippen LogP contribution in [0.2, 0.25) is 0 Å². The van der Waals surface area contributed by atoms with E-state index in [2.05, 4.69) is 72.4 Å². The summed E-state index contributed by atoms with van der Waals surface area (Å²) in [4.78, 5) is 21.3. The average molecular weight is 441 g/mol. The second-order valence-electron chi connectivity index (χ2n) is 8.05. The third kappa shape index (κ3) is 7.37. The molecule has 0 radical (unpaired) electrons. The van der Waals surface area contributed by atoms with Gasteiger partial charge >= 0.3 is 0 Å². The van der Waals surface area contributed by atoms with Gasteiger partial charge in [-0.25, -0.2) is 4.99 Å². The van der Waals surface area contributed by atoms with E-state index in [1.807, 2.05) is 19.9 Å². The number of nitrogens with zero attached hydrogens (tertiary/aromatic N) is 3. The third-order valence-corrected chi connectivity index (χ3v) is 5.60. The number of rotatable bonds is 1. The molecule has 9 heteroatoms. The van der Waals surface area contributed by atoms with Gasteiger partial charge in [0.05, 0.1) is 12.6 Å². The van der Waals surface area contributed by atoms with Crippen molar-refractivity contribution in [2.24, 2.45) is 4.99 Å². The minimum Gasteiger partial charge on any atom is -0.354 e. The van der Waals surface area contributed by atoms with Crippen molar-refractivity contribution >= 4 is 17.4 Å². The third-order valence-electron chi connectivity index (χ3n) is 5.60. The molecular formula is C23H36N8O. The van der Waals surface area contributed by atoms with Crippen LogP contribution in [0.4, 0.5) is 5.69 Å². The van der Waals surface area contributed by atoms with Crippen LogP contribution in [0.3, 0.4) is 0 Å². The summed E-state index contributed by atoms with van der Waals surface area (Å²) >= 11 is 0. The molecule has 4 bridgehead atoms. The molecular weight excluding hydrogens is 404 g/mol. The molecule has 1 fully saturated rings. The van der Waals surface area contributed by atoms with Crippen molar-refractivity contribution in [3.8, 4) is 0 Å². The highest BCUT2D eigenvalue weighted by molar-refractivity contribution is 5.87. The van der Waals surface area contributed by atoms with Crippen molar-refractivity contribution in [1.29, 1.82) is 0 Å². The van der Waals surface area contributed by atoms with Gasteiger partial charge in [-0.2, -0.15) is 0 Å². The zero-order valence-corrected chi connectivity index (χ0v) is 19.2. The summed E-state index contributed by atoms with van der Waals surface area (Å²) in [6.45, 7) is 14.0. The smallest absolute Gasteiger partial charge is 0.234 e. The fourth-order valence-corrected chi connectivity index (χ4v) is 3.77. The molecule has 1 unspecified atom stereocenters. The van der Waals surface area contributed by atoms with E-state index in [0.717, 1.165) is 44.2 Å². The molecule has 0 aliphatic carbocycles. The van der Waals surface area contributed by atoms with E-state index in [1.54, 1.807) is 0 Å². The molecule has 1 atom stereocenters. The highest BCUT2D eigenvalue weighted by Gasteiger charge is 2.19. The standard InChI is InChI=1S/C23H36N8O/c1-4-21-27-20-8-6-7-19(15-20)16-30-11-13-31(14-12-30)17-22(32)26-10-9-25-18(3)23(24-5-2)29-28-21/h4-8,15,18,25,27-28H,2,9-14,16-17H2,1,3H3,(H,24,29)(H,26,32)/b21-4-. The number of benzene rings is 1. The van der Waals surface area contributed by atoms with Crippen LogP contribution in [0.5, 0.6) is 0 Å². The van der Waals surface area contributed by atoms with Crippen LogP contribution in [0.15, 0.2) is 53.9 Å². The van der Waals surface area contributed by atoms with Gasteiger partial charge in [0.1, 0.15) is 11.7 Å². The Bertz CT molecular complexity index is 829. The maximum absolute atomic E-state index is 12.3. The van der Waals surface area contributed by atoms with Crippen LogP contribution in [0, 0.1) is 0 Å². The van der Waals surface area contributed by atoms with E-state index < -0.39 is 0 Å². The Hall–Kier alpha value is -2.88. The lowest BCUT2D eigenvalue weighted by Crippen LogP contribution is -2.51. The molecule has 0 aromatic heterocycles. The molecule has 1 aromatic carbocycles. The van der Waals surface area contributed by atoms with Gasteiger partial charge in [0.2, 0.25) is 5.91 Å². The second kappa shape index (κ2) is 12.2. The minimum absolute atomic E-state index is 0.0579. The number of amides is 1. The quantitative estimate of drug-likeness (QED) is 0.413. The van der Waals surface area contributed by atoms with Gasteiger partial charge in [0, 0.05) is 57.7 Å². The number of hydrogen-bond acceptors (Lipinski definition) is 7. The average Bonchev–Trinajstić information content (AvgIpc) is 2.79. The second-order valence-corrected chi connectivity index (χ2v) is 8.05. The predicted octanol–water partition coefficient (Wildman–Crippen LogP) is 0.822. The molecule has 1 saturated heterocycles. The molecule has 3 aliphatic rings. The Balaban J connectivity index is 1.74. The van der Waals surface area contributed by atoms with E-state index in [1.165, 1.54) is 11.8 Å². The molecule has 4 rings (SSSR count). The largest absolute Gasteiger partial charge is 0.354 e. The summed E-state index contributed by atoms with van der Waals surface area (Å²) in [5, 5.41) is 9.81. The van der Waals surface area contributed by atoms with Crippen LogP contribution < -0.4 is 26.8 Å². The Morgan fingerprint density at radius 2 is 1.84 bits per heavy atom. The lowest BCUT2D eigenvalue weighted by Gasteiger charge is -2.34. The van der Waals surface area contributed by atoms with E-state index in [4.69, 9.17) is 0 Å². The van der Waals surface area contributed by atoms with Gasteiger partial charge in [0.15, 0.2) is 0 Å². The molecule has 32 heavy (non-hydrogen) atoms. The number of anilines is 1. The Morgan fingerprint density at radius 3 is 2.56 bits per heavy atom. The first-order valence-corrected chi connectivity index (χ1v) is 11.2. The summed E-state index contributed by atoms with van der Waals surface area (Å²) in [6, 6.07) is 8.39. The zero-order chi connectivity index (χ0) is 22.8. The molecule has 9 nitrogen and oxygen atoms in total. The summed E-state index contributed by atoms with van der Waals surface area (Å²) in [5.41, 5.74) is 8.63. The molecule has 1 amide bonds. The minimum atomic E-state index is -0.0579. The summed E-state index contributed by atoms with van der Waals surface area (Å²) in [6.07, 6.45) is 3.47. The highest BCUT2D eigenvalue weighted by Crippen LogP contribution is 2.15. The number of aliphatic imine (C=N–C) groups is 1. The first-order valence-electron chi connectivity index (χ1n) is 11.2. The van der Waals surface area contributed by atoms with E-state index >= 15 is 0 Å². The van der Waals surface area contributed by atoms with Crippen molar-refractivity contribution in [1.82, 2.24) is 31.3 Å². The van der Waals surface area contributed by atoms with Gasteiger partial charge in [-0.1, -0.05) is 18.7 Å². The maximum Gasteiger partial charge on any atom is 0.234 e. The van der Waals surface area contributed by atoms with Crippen LogP contribution in [-0.2, 0) is 11.3 Å². The van der Waals surface area contributed by atoms with Crippen LogP contribution in [0.25, 0.3) is 0 Å². The molecule has 5 N–H and O–H groups in total. The lowest BCUT2D eigenvalue weighted by molar-refractivity contribution is -0.122. The van der Waals surface area contributed by atoms with Crippen molar-refractivity contribution < 1.29 is 4.79 Å². The normalized spacial score (nSPS) is 28.2. The van der Waals surface area contributed by atoms with Gasteiger partial charge in [0.25, 0.3) is 0 Å². The fraction of sp³-hybridized carbons (Fsp3) is 0.478. The molecule has 0 spiro atoms. The molecule has 174 valence electrons.